The van der Waals surface area contributed by atoms with Gasteiger partial charge in [-0.25, -0.2) is 0 Å². The Kier molecular flexibility index (Phi) is 15.8. The number of benzene rings is 3. The zero-order valence-corrected chi connectivity index (χ0v) is 35.9. The number of carbonyl (C=O) groups excluding carboxylic acids is 2. The Balaban J connectivity index is 0.949. The van der Waals surface area contributed by atoms with Gasteiger partial charge in [0.25, 0.3) is 0 Å². The van der Waals surface area contributed by atoms with Crippen LogP contribution in [0.1, 0.15) is 85.6 Å². The molecule has 6 unspecified atom stereocenters. The summed E-state index contributed by atoms with van der Waals surface area (Å²) in [6.07, 6.45) is 20.4. The molecule has 0 amide bonds. The number of ketones is 2. The molecule has 2 fully saturated rings. The molecule has 6 atom stereocenters. The van der Waals surface area contributed by atoms with Gasteiger partial charge in [0.15, 0.2) is 17.3 Å². The van der Waals surface area contributed by atoms with Crippen molar-refractivity contribution < 1.29 is 24.5 Å². The Morgan fingerprint density at radius 1 is 0.934 bits per heavy atom. The van der Waals surface area contributed by atoms with Crippen LogP contribution in [0.2, 0.25) is 0 Å². The van der Waals surface area contributed by atoms with Crippen LogP contribution < -0.4 is 26.4 Å². The zero-order valence-electron chi connectivity index (χ0n) is 35.9. The van der Waals surface area contributed by atoms with E-state index in [4.69, 9.17) is 10.5 Å². The Morgan fingerprint density at radius 2 is 1.72 bits per heavy atom. The van der Waals surface area contributed by atoms with Gasteiger partial charge in [0.2, 0.25) is 0 Å². The second kappa shape index (κ2) is 21.8. The summed E-state index contributed by atoms with van der Waals surface area (Å²) in [7, 11) is 1.47. The Labute approximate surface area is 362 Å². The molecule has 1 aliphatic carbocycles. The Bertz CT molecular complexity index is 2090. The first-order valence-corrected chi connectivity index (χ1v) is 22.7. The maximum absolute atomic E-state index is 13.4. The van der Waals surface area contributed by atoms with Crippen LogP contribution in [0, 0.1) is 23.7 Å². The van der Waals surface area contributed by atoms with E-state index in [0.29, 0.717) is 41.9 Å². The van der Waals surface area contributed by atoms with E-state index in [0.717, 1.165) is 93.1 Å². The van der Waals surface area contributed by atoms with Gasteiger partial charge in [-0.15, -0.1) is 0 Å². The smallest absolute Gasteiger partial charge is 0.163 e. The normalized spacial score (nSPS) is 23.6. The van der Waals surface area contributed by atoms with Crippen molar-refractivity contribution in [2.24, 2.45) is 29.4 Å². The molecule has 0 bridgehead atoms. The number of phenolic OH excluding ortho intramolecular Hbond substituents is 1. The van der Waals surface area contributed by atoms with Gasteiger partial charge in [0.1, 0.15) is 5.78 Å². The van der Waals surface area contributed by atoms with Crippen LogP contribution in [0.4, 0.5) is 0 Å². The minimum atomic E-state index is -0.419. The molecule has 1 saturated heterocycles. The number of hydrogen-bond donors (Lipinski definition) is 6. The standard InChI is InChI=1S/C52H66N4O5/c1-61-50-31-48(43(34-57)27-45(59)30-44(58)15-6-3-7-16-47-46-21-23-54-32-42(46)25-39-14-9-22-55-52(39)47)40(28-49(50)60)26-41-33-56-51(53)29-38(41)20-19-37-13-8-12-36(24-37)18-17-35-10-4-2-5-11-35/h2,4-5,8-14,24,27-29,31,33,39,42,46-47,51-52,54-57,60H,3,6-7,15-23,25-26,30,32,34,53H2,1H3. The molecule has 9 heteroatoms. The van der Waals surface area contributed by atoms with Crippen molar-refractivity contribution in [3.05, 3.63) is 136 Å². The molecule has 7 N–H and O–H groups in total. The monoisotopic (exact) mass is 827 g/mol. The molecule has 0 spiro atoms. The summed E-state index contributed by atoms with van der Waals surface area (Å²) in [6.45, 7) is 2.78. The number of aliphatic hydroxyl groups excluding tert-OH is 1. The molecule has 0 radical (unpaired) electrons. The number of unbranched alkanes of at least 4 members (excludes halogenated alkanes) is 2. The summed E-state index contributed by atoms with van der Waals surface area (Å²) in [6, 6.07) is 23.2. The summed E-state index contributed by atoms with van der Waals surface area (Å²) in [5.74, 6) is 2.57. The van der Waals surface area contributed by atoms with Gasteiger partial charge in [0.05, 0.1) is 26.3 Å². The fraction of sp³-hybridized carbons (Fsp3) is 0.462. The predicted octanol–water partition coefficient (Wildman–Crippen LogP) is 7.30. The first-order chi connectivity index (χ1) is 29.8. The van der Waals surface area contributed by atoms with Crippen LogP contribution >= 0.6 is 0 Å². The number of allylic oxidation sites excluding steroid dienone is 3. The summed E-state index contributed by atoms with van der Waals surface area (Å²) in [5, 5.41) is 32.2. The van der Waals surface area contributed by atoms with Crippen molar-refractivity contribution in [3.8, 4) is 11.5 Å². The highest BCUT2D eigenvalue weighted by Crippen LogP contribution is 2.45. The van der Waals surface area contributed by atoms with Gasteiger partial charge in [-0.3, -0.25) is 9.59 Å². The van der Waals surface area contributed by atoms with Crippen LogP contribution in [0.15, 0.2) is 108 Å². The number of nitrogens with two attached hydrogens (primary N) is 1. The molecule has 9 nitrogen and oxygen atoms in total. The molecule has 0 aromatic heterocycles. The maximum atomic E-state index is 13.4. The fourth-order valence-electron chi connectivity index (χ4n) is 10.5. The highest BCUT2D eigenvalue weighted by Gasteiger charge is 2.44. The predicted molar refractivity (Wildman–Crippen MR) is 244 cm³/mol. The van der Waals surface area contributed by atoms with Crippen molar-refractivity contribution in [2.45, 2.75) is 95.7 Å². The van der Waals surface area contributed by atoms with Gasteiger partial charge in [0, 0.05) is 25.2 Å². The summed E-state index contributed by atoms with van der Waals surface area (Å²) in [4.78, 5) is 26.5. The van der Waals surface area contributed by atoms with E-state index in [-0.39, 0.29) is 35.7 Å². The van der Waals surface area contributed by atoms with Gasteiger partial charge in [-0.2, -0.15) is 0 Å². The number of hydrogen-bond acceptors (Lipinski definition) is 9. The topological polar surface area (TPSA) is 146 Å². The molecule has 3 aromatic carbocycles. The lowest BCUT2D eigenvalue weighted by Crippen LogP contribution is -2.55. The number of aliphatic hydroxyl groups is 1. The number of nitrogens with one attached hydrogen (secondary N) is 3. The van der Waals surface area contributed by atoms with Crippen LogP contribution in [-0.4, -0.2) is 67.3 Å². The Hall–Kier alpha value is -4.80. The molecule has 61 heavy (non-hydrogen) atoms. The molecule has 3 heterocycles. The number of methoxy groups -OCH3 is 1. The largest absolute Gasteiger partial charge is 0.504 e. The number of piperidine rings is 1. The number of carbonyl (C=O) groups is 2. The fourth-order valence-corrected chi connectivity index (χ4v) is 10.5. The maximum Gasteiger partial charge on any atom is 0.163 e. The van der Waals surface area contributed by atoms with Crippen molar-refractivity contribution in [1.82, 2.24) is 16.0 Å². The first kappa shape index (κ1) is 44.3. The van der Waals surface area contributed by atoms with E-state index in [1.165, 1.54) is 49.1 Å². The average Bonchev–Trinajstić information content (AvgIpc) is 3.27. The van der Waals surface area contributed by atoms with E-state index in [9.17, 15) is 19.8 Å². The third-order valence-corrected chi connectivity index (χ3v) is 13.5. The van der Waals surface area contributed by atoms with Crippen LogP contribution in [0.5, 0.6) is 11.5 Å². The number of phenols is 1. The molecule has 1 saturated carbocycles. The third-order valence-electron chi connectivity index (χ3n) is 13.5. The second-order valence-electron chi connectivity index (χ2n) is 17.7. The average molecular weight is 827 g/mol. The Morgan fingerprint density at radius 3 is 2.52 bits per heavy atom. The van der Waals surface area contributed by atoms with E-state index < -0.39 is 6.61 Å². The minimum Gasteiger partial charge on any atom is -0.504 e. The summed E-state index contributed by atoms with van der Waals surface area (Å²) in [5.41, 5.74) is 14.0. The first-order valence-electron chi connectivity index (χ1n) is 22.7. The van der Waals surface area contributed by atoms with Crippen LogP contribution in [0.25, 0.3) is 5.57 Å². The number of rotatable bonds is 20. The zero-order chi connectivity index (χ0) is 42.6. The molecule has 3 aliphatic heterocycles. The van der Waals surface area contributed by atoms with Crippen molar-refractivity contribution in [2.75, 3.05) is 33.4 Å². The quantitative estimate of drug-likeness (QED) is 0.0299. The molecule has 3 aromatic rings. The number of dihydropyridines is 1. The molecular weight excluding hydrogens is 761 g/mol. The molecule has 4 aliphatic rings. The highest BCUT2D eigenvalue weighted by atomic mass is 16.5. The number of Topliss-reactive ketones (excluding diaryl/α,β-unsaturated/α-hetero) is 1. The van der Waals surface area contributed by atoms with Crippen molar-refractivity contribution in [1.29, 1.82) is 0 Å². The number of aromatic hydroxyl groups is 1. The van der Waals surface area contributed by atoms with Gasteiger partial charge in [-0.05, 0) is 163 Å². The van der Waals surface area contributed by atoms with Crippen molar-refractivity contribution in [3.63, 3.8) is 0 Å². The van der Waals surface area contributed by atoms with E-state index in [1.807, 2.05) is 18.3 Å². The van der Waals surface area contributed by atoms with Crippen LogP contribution in [0.3, 0.4) is 0 Å². The lowest BCUT2D eigenvalue weighted by atomic mass is 9.61. The van der Waals surface area contributed by atoms with E-state index >= 15 is 0 Å². The number of ether oxygens (including phenoxy) is 1. The van der Waals surface area contributed by atoms with E-state index in [1.54, 1.807) is 12.1 Å². The number of fused-ring (bicyclic) bond motifs is 2. The summed E-state index contributed by atoms with van der Waals surface area (Å²) >= 11 is 0. The van der Waals surface area contributed by atoms with Gasteiger partial charge >= 0.3 is 0 Å². The molecular formula is C52H66N4O5. The van der Waals surface area contributed by atoms with E-state index in [2.05, 4.69) is 76.6 Å². The lowest BCUT2D eigenvalue weighted by Gasteiger charge is -2.50. The highest BCUT2D eigenvalue weighted by molar-refractivity contribution is 6.07. The van der Waals surface area contributed by atoms with Gasteiger partial charge in [-0.1, -0.05) is 79.6 Å². The third kappa shape index (κ3) is 12.0. The summed E-state index contributed by atoms with van der Waals surface area (Å²) < 4.78 is 5.46. The van der Waals surface area contributed by atoms with Crippen molar-refractivity contribution >= 4 is 17.1 Å². The van der Waals surface area contributed by atoms with Gasteiger partial charge < -0.3 is 36.6 Å². The second-order valence-corrected chi connectivity index (χ2v) is 17.7. The number of aryl methyl sites for hydroxylation is 3. The van der Waals surface area contributed by atoms with Crippen LogP contribution in [-0.2, 0) is 35.3 Å². The SMILES string of the molecule is COc1cc(C(=CC(=O)CC(=O)CCCCCC2C3CCNCC3CC3C=CCNC32)CO)c(CC2=CNC(N)C=C2CCc2cccc(CCc3ccccc3)c2)cc1O. The molecule has 7 rings (SSSR count). The molecule has 324 valence electrons. The minimum absolute atomic E-state index is 0.0373. The lowest BCUT2D eigenvalue weighted by molar-refractivity contribution is -0.124.